The van der Waals surface area contributed by atoms with E-state index in [1.807, 2.05) is 24.5 Å². The minimum Gasteiger partial charge on any atom is -0.324 e. The van der Waals surface area contributed by atoms with Gasteiger partial charge in [0.2, 0.25) is 5.91 Å². The second-order valence-corrected chi connectivity index (χ2v) is 9.42. The molecule has 4 amide bonds. The maximum atomic E-state index is 13.1. The summed E-state index contributed by atoms with van der Waals surface area (Å²) in [7, 11) is 0. The van der Waals surface area contributed by atoms with Crippen LogP contribution in [0.15, 0.2) is 29.2 Å². The van der Waals surface area contributed by atoms with Crippen LogP contribution in [0.3, 0.4) is 0 Å². The van der Waals surface area contributed by atoms with Crippen molar-refractivity contribution >= 4 is 35.3 Å². The lowest BCUT2D eigenvalue weighted by Gasteiger charge is -2.43. The lowest BCUT2D eigenvalue weighted by atomic mass is 9.64. The number of hydrogen-bond donors (Lipinski definition) is 2. The molecule has 1 saturated heterocycles. The van der Waals surface area contributed by atoms with Crippen molar-refractivity contribution in [2.75, 3.05) is 18.1 Å². The second kappa shape index (κ2) is 7.19. The zero-order chi connectivity index (χ0) is 19.8. The first-order valence-electron chi connectivity index (χ1n) is 9.22. The van der Waals surface area contributed by atoms with E-state index >= 15 is 0 Å². The second-order valence-electron chi connectivity index (χ2n) is 8.54. The van der Waals surface area contributed by atoms with Gasteiger partial charge in [0.25, 0.3) is 5.91 Å². The highest BCUT2D eigenvalue weighted by Crippen LogP contribution is 2.46. The molecule has 27 heavy (non-hydrogen) atoms. The van der Waals surface area contributed by atoms with Gasteiger partial charge >= 0.3 is 6.03 Å². The smallest absolute Gasteiger partial charge is 0.324 e. The van der Waals surface area contributed by atoms with Gasteiger partial charge in [-0.15, -0.1) is 11.8 Å². The highest BCUT2D eigenvalue weighted by molar-refractivity contribution is 7.98. The Bertz CT molecular complexity index is 779. The van der Waals surface area contributed by atoms with E-state index in [1.54, 1.807) is 17.8 Å². The monoisotopic (exact) mass is 389 g/mol. The van der Waals surface area contributed by atoms with Crippen molar-refractivity contribution in [2.45, 2.75) is 50.5 Å². The molecule has 3 rings (SSSR count). The van der Waals surface area contributed by atoms with Crippen LogP contribution in [0.4, 0.5) is 10.5 Å². The Morgan fingerprint density at radius 2 is 2.07 bits per heavy atom. The number of nitrogens with zero attached hydrogens (tertiary/aromatic N) is 1. The third-order valence-corrected chi connectivity index (χ3v) is 6.00. The SMILES string of the molecule is CSc1cccc(NC(=O)CN2C(=O)NC3(CC(C)CC(C)(C)C3)C2=O)c1. The van der Waals surface area contributed by atoms with Crippen molar-refractivity contribution in [2.24, 2.45) is 11.3 Å². The molecule has 2 fully saturated rings. The van der Waals surface area contributed by atoms with Gasteiger partial charge in [0.1, 0.15) is 12.1 Å². The van der Waals surface area contributed by atoms with Crippen molar-refractivity contribution in [1.82, 2.24) is 10.2 Å². The number of thioether (sulfide) groups is 1. The zero-order valence-electron chi connectivity index (χ0n) is 16.3. The Morgan fingerprint density at radius 3 is 2.74 bits per heavy atom. The molecule has 1 spiro atoms. The molecule has 1 aromatic carbocycles. The Labute approximate surface area is 164 Å². The van der Waals surface area contributed by atoms with Crippen LogP contribution in [0.2, 0.25) is 0 Å². The summed E-state index contributed by atoms with van der Waals surface area (Å²) in [5.41, 5.74) is -0.255. The van der Waals surface area contributed by atoms with Crippen LogP contribution >= 0.6 is 11.8 Å². The highest BCUT2D eigenvalue weighted by Gasteiger charge is 2.56. The predicted octanol–water partition coefficient (Wildman–Crippen LogP) is 3.48. The Morgan fingerprint density at radius 1 is 1.33 bits per heavy atom. The molecule has 6 nitrogen and oxygen atoms in total. The number of nitrogens with one attached hydrogen (secondary N) is 2. The maximum absolute atomic E-state index is 13.1. The molecule has 0 bridgehead atoms. The van der Waals surface area contributed by atoms with Gasteiger partial charge in [0.15, 0.2) is 0 Å². The van der Waals surface area contributed by atoms with Gasteiger partial charge in [-0.05, 0) is 55.1 Å². The maximum Gasteiger partial charge on any atom is 0.325 e. The minimum atomic E-state index is -0.878. The van der Waals surface area contributed by atoms with E-state index in [9.17, 15) is 14.4 Å². The van der Waals surface area contributed by atoms with Crippen LogP contribution in [0.1, 0.15) is 40.0 Å². The van der Waals surface area contributed by atoms with Crippen molar-refractivity contribution in [1.29, 1.82) is 0 Å². The molecule has 1 heterocycles. The molecular weight excluding hydrogens is 362 g/mol. The van der Waals surface area contributed by atoms with Crippen LogP contribution in [-0.4, -0.2) is 41.1 Å². The third kappa shape index (κ3) is 4.13. The third-order valence-electron chi connectivity index (χ3n) is 5.28. The van der Waals surface area contributed by atoms with E-state index in [-0.39, 0.29) is 23.8 Å². The van der Waals surface area contributed by atoms with Crippen LogP contribution in [-0.2, 0) is 9.59 Å². The van der Waals surface area contributed by atoms with E-state index in [2.05, 4.69) is 31.4 Å². The largest absolute Gasteiger partial charge is 0.325 e. The van der Waals surface area contributed by atoms with E-state index in [4.69, 9.17) is 0 Å². The molecular formula is C20H27N3O3S. The molecule has 0 radical (unpaired) electrons. The molecule has 1 aliphatic carbocycles. The number of imide groups is 1. The number of amides is 4. The van der Waals surface area contributed by atoms with Crippen molar-refractivity contribution < 1.29 is 14.4 Å². The van der Waals surface area contributed by atoms with Crippen molar-refractivity contribution in [3.8, 4) is 0 Å². The number of hydrogen-bond acceptors (Lipinski definition) is 4. The number of urea groups is 1. The molecule has 0 aromatic heterocycles. The molecule has 2 aliphatic rings. The first-order chi connectivity index (χ1) is 12.6. The molecule has 1 aliphatic heterocycles. The average Bonchev–Trinajstić information content (AvgIpc) is 2.76. The first kappa shape index (κ1) is 19.7. The Hall–Kier alpha value is -2.02. The Balaban J connectivity index is 1.71. The van der Waals surface area contributed by atoms with E-state index < -0.39 is 11.6 Å². The fourth-order valence-corrected chi connectivity index (χ4v) is 5.15. The summed E-state index contributed by atoms with van der Waals surface area (Å²) in [6.07, 6.45) is 4.20. The zero-order valence-corrected chi connectivity index (χ0v) is 17.1. The van der Waals surface area contributed by atoms with E-state index in [0.717, 1.165) is 16.2 Å². The summed E-state index contributed by atoms with van der Waals surface area (Å²) in [4.78, 5) is 40.1. The van der Waals surface area contributed by atoms with Crippen molar-refractivity contribution in [3.05, 3.63) is 24.3 Å². The summed E-state index contributed by atoms with van der Waals surface area (Å²) in [5.74, 6) is -0.321. The number of rotatable bonds is 4. The summed E-state index contributed by atoms with van der Waals surface area (Å²) in [6.45, 7) is 6.08. The van der Waals surface area contributed by atoms with Gasteiger partial charge in [0.05, 0.1) is 0 Å². The molecule has 2 atom stereocenters. The lowest BCUT2D eigenvalue weighted by Crippen LogP contribution is -2.54. The number of carbonyl (C=O) groups excluding carboxylic acids is 3. The molecule has 1 saturated carbocycles. The summed E-state index contributed by atoms with van der Waals surface area (Å²) >= 11 is 1.58. The van der Waals surface area contributed by atoms with Gasteiger partial charge in [-0.3, -0.25) is 14.5 Å². The Kier molecular flexibility index (Phi) is 5.25. The summed E-state index contributed by atoms with van der Waals surface area (Å²) in [5, 5.41) is 5.67. The molecule has 2 unspecified atom stereocenters. The van der Waals surface area contributed by atoms with Gasteiger partial charge < -0.3 is 10.6 Å². The van der Waals surface area contributed by atoms with Crippen LogP contribution < -0.4 is 10.6 Å². The number of carbonyl (C=O) groups is 3. The van der Waals surface area contributed by atoms with Crippen LogP contribution in [0.25, 0.3) is 0 Å². The lowest BCUT2D eigenvalue weighted by molar-refractivity contribution is -0.136. The molecule has 1 aromatic rings. The molecule has 2 N–H and O–H groups in total. The van der Waals surface area contributed by atoms with Gasteiger partial charge in [0, 0.05) is 10.6 Å². The minimum absolute atomic E-state index is 0.0306. The van der Waals surface area contributed by atoms with Gasteiger partial charge in [-0.25, -0.2) is 4.79 Å². The van der Waals surface area contributed by atoms with Crippen LogP contribution in [0, 0.1) is 11.3 Å². The van der Waals surface area contributed by atoms with Gasteiger partial charge in [-0.1, -0.05) is 26.8 Å². The first-order valence-corrected chi connectivity index (χ1v) is 10.4. The average molecular weight is 390 g/mol. The molecule has 7 heteroatoms. The number of benzene rings is 1. The molecule has 146 valence electrons. The normalized spacial score (nSPS) is 27.0. The summed E-state index contributed by atoms with van der Waals surface area (Å²) in [6, 6.07) is 6.98. The topological polar surface area (TPSA) is 78.5 Å². The fourth-order valence-electron chi connectivity index (χ4n) is 4.69. The van der Waals surface area contributed by atoms with Crippen LogP contribution in [0.5, 0.6) is 0 Å². The van der Waals surface area contributed by atoms with Gasteiger partial charge in [-0.2, -0.15) is 0 Å². The summed E-state index contributed by atoms with van der Waals surface area (Å²) < 4.78 is 0. The fraction of sp³-hybridized carbons (Fsp3) is 0.550. The highest BCUT2D eigenvalue weighted by atomic mass is 32.2. The predicted molar refractivity (Wildman–Crippen MR) is 107 cm³/mol. The van der Waals surface area contributed by atoms with E-state index in [0.29, 0.717) is 24.4 Å². The van der Waals surface area contributed by atoms with E-state index in [1.165, 1.54) is 0 Å². The van der Waals surface area contributed by atoms with Crippen molar-refractivity contribution in [3.63, 3.8) is 0 Å². The quantitative estimate of drug-likeness (QED) is 0.610. The standard InChI is InChI=1S/C20H27N3O3S/c1-13-9-19(2,3)12-20(10-13)17(25)23(18(26)22-20)11-16(24)21-14-6-5-7-15(8-14)27-4/h5-8,13H,9-12H2,1-4H3,(H,21,24)(H,22,26). The number of anilines is 1.